The van der Waals surface area contributed by atoms with E-state index < -0.39 is 138 Å². The number of primary amides is 1. The molecule has 2 aliphatic rings. The number of benzene rings is 4. The average molecular weight is 1370 g/mol. The van der Waals surface area contributed by atoms with Gasteiger partial charge in [-0.15, -0.1) is 0 Å². The third-order valence-corrected chi connectivity index (χ3v) is 16.7. The fourth-order valence-electron chi connectivity index (χ4n) is 11.2. The maximum Gasteiger partial charge on any atom is 0.245 e. The molecule has 2 fully saturated rings. The minimum Gasteiger partial charge on any atom is -0.508 e. The number of carbonyl (C=O) groups is 12. The zero-order valence-corrected chi connectivity index (χ0v) is 55.6. The van der Waals surface area contributed by atoms with Crippen molar-refractivity contribution >= 4 is 99.2 Å². The highest BCUT2D eigenvalue weighted by molar-refractivity contribution is 6.30. The zero-order chi connectivity index (χ0) is 70.9. The third kappa shape index (κ3) is 24.4. The third-order valence-electron chi connectivity index (χ3n) is 16.5. The van der Waals surface area contributed by atoms with Crippen molar-refractivity contribution in [3.8, 4) is 5.75 Å². The Bertz CT molecular complexity index is 3480. The van der Waals surface area contributed by atoms with Gasteiger partial charge in [0, 0.05) is 57.3 Å². The van der Waals surface area contributed by atoms with Crippen LogP contribution in [0.3, 0.4) is 0 Å². The second-order valence-electron chi connectivity index (χ2n) is 24.7. The van der Waals surface area contributed by atoms with E-state index in [1.54, 1.807) is 44.2 Å². The Morgan fingerprint density at radius 3 is 1.91 bits per heavy atom. The molecule has 0 aromatic heterocycles. The summed E-state index contributed by atoms with van der Waals surface area (Å²) in [6.07, 6.45) is 0.459. The average Bonchev–Trinajstić information content (AvgIpc) is 1.80. The Kier molecular flexibility index (Phi) is 29.4. The Morgan fingerprint density at radius 1 is 0.660 bits per heavy atom. The van der Waals surface area contributed by atoms with Crippen molar-refractivity contribution in [3.05, 3.63) is 113 Å². The van der Waals surface area contributed by atoms with Crippen molar-refractivity contribution in [2.75, 3.05) is 26.2 Å². The summed E-state index contributed by atoms with van der Waals surface area (Å²) < 4.78 is 0. The van der Waals surface area contributed by atoms with Gasteiger partial charge in [-0.1, -0.05) is 92.2 Å². The number of guanidine groups is 1. The van der Waals surface area contributed by atoms with Crippen LogP contribution in [0, 0.1) is 5.92 Å². The highest BCUT2D eigenvalue weighted by atomic mass is 35.5. The number of hydrogen-bond donors (Lipinski definition) is 15. The summed E-state index contributed by atoms with van der Waals surface area (Å²) in [5, 5.41) is 49.7. The Labute approximate surface area is 567 Å². The summed E-state index contributed by atoms with van der Waals surface area (Å²) in [7, 11) is 0. The second kappa shape index (κ2) is 37.4. The van der Waals surface area contributed by atoms with Crippen LogP contribution in [0.2, 0.25) is 5.02 Å². The van der Waals surface area contributed by atoms with E-state index in [9.17, 15) is 58.2 Å². The number of aliphatic hydroxyl groups is 1. The van der Waals surface area contributed by atoms with Crippen LogP contribution in [0.25, 0.3) is 10.8 Å². The normalized spacial score (nSPS) is 18.8. The largest absolute Gasteiger partial charge is 0.508 e. The number of aliphatic hydroxyl groups excluding tert-OH is 1. The van der Waals surface area contributed by atoms with Crippen LogP contribution in [0.5, 0.6) is 5.75 Å². The Hall–Kier alpha value is -9.90. The van der Waals surface area contributed by atoms with Gasteiger partial charge >= 0.3 is 0 Å². The number of amides is 12. The molecule has 4 aromatic carbocycles. The number of fused-ring (bicyclic) bond motifs is 1. The summed E-state index contributed by atoms with van der Waals surface area (Å²) in [4.78, 5) is 172. The first-order valence-corrected chi connectivity index (χ1v) is 32.8. The van der Waals surface area contributed by atoms with Crippen LogP contribution in [0.15, 0.2) is 96.0 Å². The highest BCUT2D eigenvalue weighted by Crippen LogP contribution is 2.22. The van der Waals surface area contributed by atoms with Crippen LogP contribution in [-0.4, -0.2) is 179 Å². The van der Waals surface area contributed by atoms with Gasteiger partial charge in [0.1, 0.15) is 66.2 Å². The van der Waals surface area contributed by atoms with E-state index in [1.165, 1.54) is 43.0 Å². The fourth-order valence-corrected chi connectivity index (χ4v) is 11.4. The van der Waals surface area contributed by atoms with Crippen LogP contribution >= 0.6 is 11.6 Å². The van der Waals surface area contributed by atoms with Gasteiger partial charge < -0.3 is 85.5 Å². The number of phenols is 1. The van der Waals surface area contributed by atoms with Crippen LogP contribution in [0.4, 0.5) is 0 Å². The van der Waals surface area contributed by atoms with E-state index in [-0.39, 0.29) is 108 Å². The molecule has 29 nitrogen and oxygen atoms in total. The molecule has 30 heteroatoms. The van der Waals surface area contributed by atoms with Crippen molar-refractivity contribution < 1.29 is 67.7 Å². The lowest BCUT2D eigenvalue weighted by Gasteiger charge is -2.31. The zero-order valence-electron chi connectivity index (χ0n) is 54.8. The first kappa shape index (κ1) is 76.1. The van der Waals surface area contributed by atoms with E-state index >= 15 is 9.59 Å². The molecule has 4 aromatic rings. The SMILES string of the molecule is CC(=O)N[C@@H]1CCC(=O)NCCCC[C@H](C(=O)N[C@@H](CO)C(=O)N[C@@H](Cc2ccc(O)cc2)C(=O)N[C@H](Cc2ccc3ccccc3c2)C(=O)N[C@@H](CC(C)C)C(=O)N[C@@H](CCCN=C(N)N)C(=O)N2CCC[C@H]2C(=O)N[C@H](C)C(N)=O)NC(=O)[C@@H](Cc2ccc(Cl)cc2)NC1=O. The van der Waals surface area contributed by atoms with Crippen molar-refractivity contribution in [1.29, 1.82) is 0 Å². The quantitative estimate of drug-likeness (QED) is 0.0190. The minimum absolute atomic E-state index is 0.0142. The van der Waals surface area contributed by atoms with Gasteiger partial charge in [0.25, 0.3) is 0 Å². The minimum atomic E-state index is -1.80. The monoisotopic (exact) mass is 1360 g/mol. The lowest BCUT2D eigenvalue weighted by Crippen LogP contribution is -2.61. The van der Waals surface area contributed by atoms with E-state index in [1.807, 2.05) is 36.4 Å². The van der Waals surface area contributed by atoms with Gasteiger partial charge in [-0.3, -0.25) is 62.5 Å². The van der Waals surface area contributed by atoms with Crippen molar-refractivity contribution in [2.45, 2.75) is 172 Å². The number of aromatic hydroxyl groups is 1. The molecule has 2 heterocycles. The molecule has 2 saturated heterocycles. The summed E-state index contributed by atoms with van der Waals surface area (Å²) in [5.41, 5.74) is 18.1. The molecule has 97 heavy (non-hydrogen) atoms. The summed E-state index contributed by atoms with van der Waals surface area (Å²) in [6.45, 7) is 5.49. The number of hydrogen-bond acceptors (Lipinski definition) is 15. The predicted molar refractivity (Wildman–Crippen MR) is 360 cm³/mol. The van der Waals surface area contributed by atoms with E-state index in [4.69, 9.17) is 28.8 Å². The number of nitrogens with two attached hydrogens (primary N) is 3. The highest BCUT2D eigenvalue weighted by Gasteiger charge is 2.40. The number of likely N-dealkylation sites (tertiary alicyclic amines) is 1. The molecular weight excluding hydrogens is 1270 g/mol. The predicted octanol–water partition coefficient (Wildman–Crippen LogP) is -0.722. The molecule has 0 aliphatic carbocycles. The molecule has 524 valence electrons. The first-order valence-electron chi connectivity index (χ1n) is 32.4. The number of nitrogens with zero attached hydrogens (tertiary/aromatic N) is 2. The standard InChI is InChI=1S/C67H90ClN15O14/c1-37(2)31-50(60(91)77-49(14-9-29-73-67(70)71)66(97)83-30-10-15-55(83)65(96)74-38(3)57(69)88)78-63(94)53(35-42-16-21-43-11-5-6-12-44(43)32-42)80-62(93)52(34-41-19-24-46(86)25-20-41)81-64(95)54(36-84)82-58(89)47-13-7-8-28-72-56(87)27-26-48(75-39(4)85)59(90)79-51(61(92)76-47)33-40-17-22-45(68)23-18-40/h5-6,11-12,16-25,32,37-38,47-55,84,86H,7-10,13-15,26-31,33-36H2,1-4H3,(H2,69,88)(H,72,87)(H,74,96)(H,75,85)(H,76,92)(H,77,91)(H,78,94)(H,79,90)(H,80,93)(H,81,95)(H,82,89)(H4,70,71,73)/t38-,47-,48-,49+,50+,51-,52+,53-,54+,55+/m1/s1. The van der Waals surface area contributed by atoms with E-state index in [0.717, 1.165) is 10.8 Å². The van der Waals surface area contributed by atoms with Crippen molar-refractivity contribution in [2.24, 2.45) is 28.1 Å². The van der Waals surface area contributed by atoms with Gasteiger partial charge in [-0.25, -0.2) is 0 Å². The molecule has 0 spiro atoms. The Balaban J connectivity index is 1.29. The van der Waals surface area contributed by atoms with E-state index in [2.05, 4.69) is 58.2 Å². The molecule has 10 atom stereocenters. The Morgan fingerprint density at radius 2 is 1.27 bits per heavy atom. The maximum absolute atomic E-state index is 15.1. The summed E-state index contributed by atoms with van der Waals surface area (Å²) >= 11 is 6.15. The number of nitrogens with one attached hydrogen (secondary N) is 10. The molecule has 0 unspecified atom stereocenters. The molecule has 0 saturated carbocycles. The van der Waals surface area contributed by atoms with Crippen LogP contribution in [-0.2, 0) is 76.8 Å². The van der Waals surface area contributed by atoms with Gasteiger partial charge in [-0.05, 0) is 122 Å². The molecule has 0 radical (unpaired) electrons. The number of aliphatic imine (C=N–C) groups is 1. The topological polar surface area (TPSA) is 459 Å². The lowest BCUT2D eigenvalue weighted by molar-refractivity contribution is -0.142. The van der Waals surface area contributed by atoms with Crippen LogP contribution < -0.4 is 70.4 Å². The lowest BCUT2D eigenvalue weighted by atomic mass is 9.98. The molecule has 12 amide bonds. The smallest absolute Gasteiger partial charge is 0.245 e. The van der Waals surface area contributed by atoms with Crippen molar-refractivity contribution in [3.63, 3.8) is 0 Å². The number of halogens is 1. The first-order chi connectivity index (χ1) is 46.2. The van der Waals surface area contributed by atoms with E-state index in [0.29, 0.717) is 34.6 Å². The van der Waals surface area contributed by atoms with Gasteiger partial charge in [-0.2, -0.15) is 0 Å². The molecule has 6 rings (SSSR count). The molecule has 0 bridgehead atoms. The van der Waals surface area contributed by atoms with Crippen molar-refractivity contribution in [1.82, 2.24) is 58.1 Å². The van der Waals surface area contributed by atoms with Gasteiger partial charge in [0.05, 0.1) is 6.61 Å². The van der Waals surface area contributed by atoms with Gasteiger partial charge in [0.2, 0.25) is 70.9 Å². The molecule has 18 N–H and O–H groups in total. The van der Waals surface area contributed by atoms with Crippen LogP contribution in [0.1, 0.15) is 109 Å². The molecular formula is C67H90ClN15O14. The number of rotatable bonds is 28. The number of carbonyl (C=O) groups excluding carboxylic acids is 12. The number of phenolic OH excluding ortho intramolecular Hbond substituents is 1. The fraction of sp³-hybridized carbons (Fsp3) is 0.478. The summed E-state index contributed by atoms with van der Waals surface area (Å²) in [5.74, 6) is -9.90. The van der Waals surface area contributed by atoms with Gasteiger partial charge in [0.15, 0.2) is 5.96 Å². The summed E-state index contributed by atoms with van der Waals surface area (Å²) in [6, 6.07) is 11.2. The molecule has 2 aliphatic heterocycles. The maximum atomic E-state index is 15.1. The second-order valence-corrected chi connectivity index (χ2v) is 25.2.